The van der Waals surface area contributed by atoms with Crippen LogP contribution in [0.2, 0.25) is 0 Å². The predicted octanol–water partition coefficient (Wildman–Crippen LogP) is 6.30. The number of nitrogens with two attached hydrogens (primary N) is 1. The standard InChI is InChI=1S/C32H32F5N3O5S/c1-2-46(42,43)26-12-3-20(4-13-26)27(15-16-38)29-17-22(8-14-28(29)30(39)41)40-18-25(11-7-23(40)19-44-31(33)34)45-24-9-5-21(6-10-24)32(35,36)37/h3-6,8-10,12-14,17,23,25,27,31H,2,7,11,15,18-19H2,1H3,(H2,39,41)/t23-,25-,27-/m0/s1. The Bertz CT molecular complexity index is 1660. The third kappa shape index (κ3) is 8.32. The van der Waals surface area contributed by atoms with E-state index in [4.69, 9.17) is 10.5 Å². The van der Waals surface area contributed by atoms with Gasteiger partial charge in [-0.2, -0.15) is 27.2 Å². The van der Waals surface area contributed by atoms with Gasteiger partial charge in [-0.3, -0.25) is 4.79 Å². The molecule has 0 bridgehead atoms. The normalized spacial score (nSPS) is 17.8. The van der Waals surface area contributed by atoms with E-state index in [0.29, 0.717) is 29.7 Å². The van der Waals surface area contributed by atoms with Crippen molar-refractivity contribution in [1.82, 2.24) is 0 Å². The summed E-state index contributed by atoms with van der Waals surface area (Å²) >= 11 is 0. The van der Waals surface area contributed by atoms with Crippen LogP contribution in [-0.4, -0.2) is 52.0 Å². The molecule has 0 radical (unpaired) electrons. The van der Waals surface area contributed by atoms with Gasteiger partial charge >= 0.3 is 12.8 Å². The molecule has 1 heterocycles. The van der Waals surface area contributed by atoms with E-state index in [1.54, 1.807) is 29.2 Å². The fourth-order valence-corrected chi connectivity index (χ4v) is 6.38. The molecule has 8 nitrogen and oxygen atoms in total. The number of piperidine rings is 1. The number of hydrogen-bond donors (Lipinski definition) is 1. The molecular weight excluding hydrogens is 633 g/mol. The number of carbonyl (C=O) groups excluding carboxylic acids is 1. The third-order valence-corrected chi connectivity index (χ3v) is 9.64. The lowest BCUT2D eigenvalue weighted by molar-refractivity contribution is -0.137. The van der Waals surface area contributed by atoms with Gasteiger partial charge in [-0.1, -0.05) is 19.1 Å². The molecule has 0 aromatic heterocycles. The lowest BCUT2D eigenvalue weighted by Crippen LogP contribution is -2.50. The van der Waals surface area contributed by atoms with E-state index >= 15 is 0 Å². The molecule has 0 saturated carbocycles. The fourth-order valence-electron chi connectivity index (χ4n) is 5.49. The maximum absolute atomic E-state index is 13.0. The second kappa shape index (κ2) is 14.5. The largest absolute Gasteiger partial charge is 0.489 e. The van der Waals surface area contributed by atoms with Gasteiger partial charge in [0.2, 0.25) is 5.91 Å². The zero-order chi connectivity index (χ0) is 33.6. The molecule has 0 aliphatic carbocycles. The van der Waals surface area contributed by atoms with E-state index in [1.165, 1.54) is 37.3 Å². The molecule has 1 fully saturated rings. The third-order valence-electron chi connectivity index (χ3n) is 7.89. The summed E-state index contributed by atoms with van der Waals surface area (Å²) < 4.78 is 100. The summed E-state index contributed by atoms with van der Waals surface area (Å²) in [6.07, 6.45) is -4.42. The second-order valence-electron chi connectivity index (χ2n) is 10.8. The molecule has 1 aliphatic rings. The quantitative estimate of drug-likeness (QED) is 0.225. The zero-order valence-electron chi connectivity index (χ0n) is 24.7. The van der Waals surface area contributed by atoms with E-state index in [1.807, 2.05) is 0 Å². The number of amides is 1. The lowest BCUT2D eigenvalue weighted by atomic mass is 9.85. The first kappa shape index (κ1) is 34.6. The number of primary amides is 1. The Morgan fingerprint density at radius 1 is 1.07 bits per heavy atom. The summed E-state index contributed by atoms with van der Waals surface area (Å²) in [6.45, 7) is -1.70. The summed E-state index contributed by atoms with van der Waals surface area (Å²) in [6, 6.07) is 16.5. The molecule has 3 aromatic carbocycles. The highest BCUT2D eigenvalue weighted by Gasteiger charge is 2.33. The molecule has 14 heteroatoms. The van der Waals surface area contributed by atoms with Crippen LogP contribution in [0, 0.1) is 11.3 Å². The number of nitriles is 1. The van der Waals surface area contributed by atoms with Crippen molar-refractivity contribution in [3.8, 4) is 11.8 Å². The Morgan fingerprint density at radius 3 is 2.30 bits per heavy atom. The van der Waals surface area contributed by atoms with Crippen molar-refractivity contribution < 1.29 is 44.6 Å². The van der Waals surface area contributed by atoms with Crippen molar-refractivity contribution >= 4 is 21.4 Å². The van der Waals surface area contributed by atoms with Crippen molar-refractivity contribution in [3.05, 3.63) is 89.0 Å². The van der Waals surface area contributed by atoms with Gasteiger partial charge < -0.3 is 20.1 Å². The van der Waals surface area contributed by atoms with Crippen LogP contribution < -0.4 is 15.4 Å². The Labute approximate surface area is 263 Å². The number of benzene rings is 3. The SMILES string of the molecule is CCS(=O)(=O)c1ccc([C@H](CC#N)c2cc(N3C[C@@H](Oc4ccc(C(F)(F)F)cc4)CC[C@H]3COC(F)F)ccc2C(N)=O)cc1. The van der Waals surface area contributed by atoms with Crippen molar-refractivity contribution in [1.29, 1.82) is 5.26 Å². The smallest absolute Gasteiger partial charge is 0.416 e. The Morgan fingerprint density at radius 2 is 1.74 bits per heavy atom. The minimum absolute atomic E-state index is 0.0960. The Balaban J connectivity index is 1.70. The molecule has 1 aliphatic heterocycles. The second-order valence-corrected chi connectivity index (χ2v) is 13.0. The first-order valence-corrected chi connectivity index (χ1v) is 16.0. The molecule has 1 amide bonds. The fraction of sp³-hybridized carbons (Fsp3) is 0.375. The van der Waals surface area contributed by atoms with Gasteiger partial charge in [0.15, 0.2) is 9.84 Å². The molecule has 0 unspecified atom stereocenters. The number of halogens is 5. The number of sulfone groups is 1. The minimum atomic E-state index is -4.51. The predicted molar refractivity (Wildman–Crippen MR) is 159 cm³/mol. The van der Waals surface area contributed by atoms with E-state index < -0.39 is 52.2 Å². The molecule has 0 spiro atoms. The number of nitrogens with zero attached hydrogens (tertiary/aromatic N) is 2. The number of carbonyl (C=O) groups is 1. The molecular formula is C32H32F5N3O5S. The highest BCUT2D eigenvalue weighted by Crippen LogP contribution is 2.36. The Kier molecular flexibility index (Phi) is 10.9. The van der Waals surface area contributed by atoms with Crippen LogP contribution in [0.5, 0.6) is 5.75 Å². The zero-order valence-corrected chi connectivity index (χ0v) is 25.5. The number of anilines is 1. The van der Waals surface area contributed by atoms with Gasteiger partial charge in [0.25, 0.3) is 0 Å². The molecule has 1 saturated heterocycles. The van der Waals surface area contributed by atoms with E-state index in [-0.39, 0.29) is 41.5 Å². The van der Waals surface area contributed by atoms with Crippen molar-refractivity contribution in [2.75, 3.05) is 23.8 Å². The highest BCUT2D eigenvalue weighted by molar-refractivity contribution is 7.91. The van der Waals surface area contributed by atoms with Gasteiger partial charge in [0, 0.05) is 23.6 Å². The molecule has 3 aromatic rings. The number of alkyl halides is 5. The minimum Gasteiger partial charge on any atom is -0.489 e. The molecule has 4 rings (SSSR count). The average molecular weight is 666 g/mol. The molecule has 3 atom stereocenters. The van der Waals surface area contributed by atoms with Crippen molar-refractivity contribution in [2.24, 2.45) is 5.73 Å². The van der Waals surface area contributed by atoms with Crippen LogP contribution in [0.3, 0.4) is 0 Å². The van der Waals surface area contributed by atoms with Gasteiger partial charge in [-0.25, -0.2) is 8.42 Å². The summed E-state index contributed by atoms with van der Waals surface area (Å²) in [7, 11) is -3.49. The van der Waals surface area contributed by atoms with Crippen molar-refractivity contribution in [3.63, 3.8) is 0 Å². The maximum atomic E-state index is 13.0. The Hall–Kier alpha value is -4.22. The molecule has 46 heavy (non-hydrogen) atoms. The first-order valence-electron chi connectivity index (χ1n) is 14.4. The topological polar surface area (TPSA) is 123 Å². The van der Waals surface area contributed by atoms with Gasteiger partial charge in [-0.15, -0.1) is 0 Å². The van der Waals surface area contributed by atoms with Crippen LogP contribution in [0.1, 0.15) is 59.2 Å². The molecule has 2 N–H and O–H groups in total. The summed E-state index contributed by atoms with van der Waals surface area (Å²) in [5.41, 5.74) is 6.39. The van der Waals surface area contributed by atoms with Gasteiger partial charge in [0.1, 0.15) is 11.9 Å². The van der Waals surface area contributed by atoms with Gasteiger partial charge in [0.05, 0.1) is 41.5 Å². The van der Waals surface area contributed by atoms with Gasteiger partial charge in [-0.05, 0) is 78.6 Å². The van der Waals surface area contributed by atoms with E-state index in [2.05, 4.69) is 10.8 Å². The maximum Gasteiger partial charge on any atom is 0.416 e. The number of hydrogen-bond acceptors (Lipinski definition) is 7. The van der Waals surface area contributed by atoms with Crippen molar-refractivity contribution in [2.45, 2.75) is 61.9 Å². The summed E-state index contributed by atoms with van der Waals surface area (Å²) in [5.74, 6) is -1.37. The highest BCUT2D eigenvalue weighted by atomic mass is 32.2. The van der Waals surface area contributed by atoms with Crippen LogP contribution in [-0.2, 0) is 20.8 Å². The van der Waals surface area contributed by atoms with E-state index in [0.717, 1.165) is 12.1 Å². The van der Waals surface area contributed by atoms with E-state index in [9.17, 15) is 40.4 Å². The van der Waals surface area contributed by atoms with Crippen LogP contribution in [0.15, 0.2) is 71.6 Å². The summed E-state index contributed by atoms with van der Waals surface area (Å²) in [4.78, 5) is 14.4. The van der Waals surface area contributed by atoms with Crippen LogP contribution in [0.25, 0.3) is 0 Å². The molecule has 246 valence electrons. The summed E-state index contributed by atoms with van der Waals surface area (Å²) in [5, 5.41) is 9.69. The lowest BCUT2D eigenvalue weighted by Gasteiger charge is -2.41. The number of ether oxygens (including phenoxy) is 2. The number of rotatable bonds is 12. The monoisotopic (exact) mass is 665 g/mol. The van der Waals surface area contributed by atoms with Crippen LogP contribution >= 0.6 is 0 Å². The average Bonchev–Trinajstić information content (AvgIpc) is 3.02. The van der Waals surface area contributed by atoms with Crippen LogP contribution in [0.4, 0.5) is 27.6 Å². The first-order chi connectivity index (χ1) is 21.7.